The normalized spacial score (nSPS) is 10.6. The number of hydrogen-bond donors (Lipinski definition) is 2. The van der Waals surface area contributed by atoms with Gasteiger partial charge in [-0.15, -0.1) is 0 Å². The van der Waals surface area contributed by atoms with Crippen molar-refractivity contribution >= 4 is 0 Å². The lowest BCUT2D eigenvalue weighted by molar-refractivity contribution is 0.864. The zero-order valence-corrected chi connectivity index (χ0v) is 7.96. The van der Waals surface area contributed by atoms with Crippen molar-refractivity contribution in [2.75, 3.05) is 0 Å². The summed E-state index contributed by atoms with van der Waals surface area (Å²) in [6.07, 6.45) is 3.92. The van der Waals surface area contributed by atoms with E-state index in [1.807, 2.05) is 31.3 Å². The van der Waals surface area contributed by atoms with Gasteiger partial charge in [-0.1, -0.05) is 30.3 Å². The SMILES string of the molecule is C/C=C\NCc1cccc(CN)c1. The fourth-order valence-corrected chi connectivity index (χ4v) is 1.16. The summed E-state index contributed by atoms with van der Waals surface area (Å²) in [7, 11) is 0. The molecule has 0 heterocycles. The Kier molecular flexibility index (Phi) is 4.06. The largest absolute Gasteiger partial charge is 0.387 e. The van der Waals surface area contributed by atoms with Crippen molar-refractivity contribution in [3.63, 3.8) is 0 Å². The number of allylic oxidation sites excluding steroid dienone is 1. The van der Waals surface area contributed by atoms with Crippen molar-refractivity contribution in [2.24, 2.45) is 5.73 Å². The Morgan fingerprint density at radius 3 is 2.85 bits per heavy atom. The Morgan fingerprint density at radius 2 is 2.15 bits per heavy atom. The Labute approximate surface area is 79.5 Å². The molecule has 2 heteroatoms. The monoisotopic (exact) mass is 176 g/mol. The molecule has 0 aliphatic rings. The third kappa shape index (κ3) is 3.30. The molecule has 3 N–H and O–H groups in total. The van der Waals surface area contributed by atoms with Crippen LogP contribution in [0.15, 0.2) is 36.5 Å². The highest BCUT2D eigenvalue weighted by Gasteiger charge is 1.92. The van der Waals surface area contributed by atoms with Crippen molar-refractivity contribution in [1.29, 1.82) is 0 Å². The molecule has 2 nitrogen and oxygen atoms in total. The van der Waals surface area contributed by atoms with Gasteiger partial charge in [0, 0.05) is 13.1 Å². The second-order valence-corrected chi connectivity index (χ2v) is 2.90. The number of benzene rings is 1. The van der Waals surface area contributed by atoms with Crippen LogP contribution in [0.25, 0.3) is 0 Å². The molecule has 0 bridgehead atoms. The van der Waals surface area contributed by atoms with E-state index >= 15 is 0 Å². The van der Waals surface area contributed by atoms with Gasteiger partial charge in [0.1, 0.15) is 0 Å². The number of nitrogens with two attached hydrogens (primary N) is 1. The van der Waals surface area contributed by atoms with E-state index in [2.05, 4.69) is 17.4 Å². The minimum atomic E-state index is 0.609. The molecule has 0 aliphatic heterocycles. The summed E-state index contributed by atoms with van der Waals surface area (Å²) in [5.74, 6) is 0. The topological polar surface area (TPSA) is 38.0 Å². The molecular formula is C11H16N2. The van der Waals surface area contributed by atoms with Gasteiger partial charge in [0.05, 0.1) is 0 Å². The van der Waals surface area contributed by atoms with E-state index in [4.69, 9.17) is 5.73 Å². The summed E-state index contributed by atoms with van der Waals surface area (Å²) in [5.41, 5.74) is 7.98. The Balaban J connectivity index is 2.56. The van der Waals surface area contributed by atoms with Crippen molar-refractivity contribution in [3.05, 3.63) is 47.7 Å². The van der Waals surface area contributed by atoms with Crippen LogP contribution in [0.3, 0.4) is 0 Å². The van der Waals surface area contributed by atoms with Crippen LogP contribution in [-0.4, -0.2) is 0 Å². The lowest BCUT2D eigenvalue weighted by atomic mass is 10.1. The molecular weight excluding hydrogens is 160 g/mol. The second kappa shape index (κ2) is 5.38. The molecule has 0 saturated carbocycles. The molecule has 0 amide bonds. The van der Waals surface area contributed by atoms with Gasteiger partial charge in [0.15, 0.2) is 0 Å². The van der Waals surface area contributed by atoms with Gasteiger partial charge in [0.2, 0.25) is 0 Å². The number of rotatable bonds is 4. The van der Waals surface area contributed by atoms with Gasteiger partial charge >= 0.3 is 0 Å². The highest BCUT2D eigenvalue weighted by atomic mass is 14.8. The van der Waals surface area contributed by atoms with Gasteiger partial charge in [-0.25, -0.2) is 0 Å². The van der Waals surface area contributed by atoms with Gasteiger partial charge in [0.25, 0.3) is 0 Å². The van der Waals surface area contributed by atoms with E-state index in [0.717, 1.165) is 6.54 Å². The fourth-order valence-electron chi connectivity index (χ4n) is 1.16. The predicted octanol–water partition coefficient (Wildman–Crippen LogP) is 1.77. The summed E-state index contributed by atoms with van der Waals surface area (Å²) in [6.45, 7) is 3.46. The van der Waals surface area contributed by atoms with Crippen molar-refractivity contribution in [3.8, 4) is 0 Å². The maximum Gasteiger partial charge on any atom is 0.0395 e. The summed E-state index contributed by atoms with van der Waals surface area (Å²) < 4.78 is 0. The fraction of sp³-hybridized carbons (Fsp3) is 0.273. The van der Waals surface area contributed by atoms with E-state index in [0.29, 0.717) is 6.54 Å². The highest BCUT2D eigenvalue weighted by molar-refractivity contribution is 5.23. The lowest BCUT2D eigenvalue weighted by Gasteiger charge is -2.03. The number of hydrogen-bond acceptors (Lipinski definition) is 2. The van der Waals surface area contributed by atoms with Crippen LogP contribution in [0.4, 0.5) is 0 Å². The first kappa shape index (κ1) is 9.81. The number of nitrogens with one attached hydrogen (secondary N) is 1. The molecule has 0 fully saturated rings. The Morgan fingerprint density at radius 1 is 1.38 bits per heavy atom. The summed E-state index contributed by atoms with van der Waals surface area (Å²) >= 11 is 0. The zero-order chi connectivity index (χ0) is 9.52. The van der Waals surface area contributed by atoms with Gasteiger partial charge in [-0.2, -0.15) is 0 Å². The van der Waals surface area contributed by atoms with Crippen molar-refractivity contribution in [1.82, 2.24) is 5.32 Å². The average Bonchev–Trinajstić information content (AvgIpc) is 2.19. The molecule has 0 spiro atoms. The maximum absolute atomic E-state index is 5.54. The van der Waals surface area contributed by atoms with Crippen LogP contribution >= 0.6 is 0 Å². The molecule has 70 valence electrons. The van der Waals surface area contributed by atoms with Crippen molar-refractivity contribution in [2.45, 2.75) is 20.0 Å². The first-order valence-corrected chi connectivity index (χ1v) is 4.49. The van der Waals surface area contributed by atoms with Crippen LogP contribution in [-0.2, 0) is 13.1 Å². The zero-order valence-electron chi connectivity index (χ0n) is 7.96. The molecule has 0 unspecified atom stereocenters. The van der Waals surface area contributed by atoms with Crippen LogP contribution in [0.1, 0.15) is 18.1 Å². The van der Waals surface area contributed by atoms with Crippen LogP contribution < -0.4 is 11.1 Å². The molecule has 0 saturated heterocycles. The third-order valence-corrected chi connectivity index (χ3v) is 1.82. The average molecular weight is 176 g/mol. The standard InChI is InChI=1S/C11H16N2/c1-2-6-13-9-11-5-3-4-10(7-11)8-12/h2-7,13H,8-9,12H2,1H3/b6-2-. The second-order valence-electron chi connectivity index (χ2n) is 2.90. The smallest absolute Gasteiger partial charge is 0.0395 e. The Bertz CT molecular complexity index is 279. The molecule has 0 aromatic heterocycles. The maximum atomic E-state index is 5.54. The molecule has 0 radical (unpaired) electrons. The van der Waals surface area contributed by atoms with Crippen LogP contribution in [0.2, 0.25) is 0 Å². The quantitative estimate of drug-likeness (QED) is 0.733. The van der Waals surface area contributed by atoms with Crippen molar-refractivity contribution < 1.29 is 0 Å². The van der Waals surface area contributed by atoms with Gasteiger partial charge in [-0.3, -0.25) is 0 Å². The van der Waals surface area contributed by atoms with Crippen LogP contribution in [0.5, 0.6) is 0 Å². The molecule has 1 aromatic rings. The molecule has 1 aromatic carbocycles. The predicted molar refractivity (Wildman–Crippen MR) is 56.0 cm³/mol. The van der Waals surface area contributed by atoms with Crippen LogP contribution in [0, 0.1) is 0 Å². The third-order valence-electron chi connectivity index (χ3n) is 1.82. The minimum Gasteiger partial charge on any atom is -0.387 e. The highest BCUT2D eigenvalue weighted by Crippen LogP contribution is 2.03. The van der Waals surface area contributed by atoms with E-state index in [-0.39, 0.29) is 0 Å². The van der Waals surface area contributed by atoms with Gasteiger partial charge in [-0.05, 0) is 24.3 Å². The van der Waals surface area contributed by atoms with E-state index < -0.39 is 0 Å². The van der Waals surface area contributed by atoms with E-state index in [9.17, 15) is 0 Å². The molecule has 0 atom stereocenters. The Hall–Kier alpha value is -1.28. The molecule has 1 rings (SSSR count). The summed E-state index contributed by atoms with van der Waals surface area (Å²) in [5, 5.41) is 3.18. The lowest BCUT2D eigenvalue weighted by Crippen LogP contribution is -2.05. The molecule has 13 heavy (non-hydrogen) atoms. The molecule has 0 aliphatic carbocycles. The minimum absolute atomic E-state index is 0.609. The van der Waals surface area contributed by atoms with E-state index in [1.54, 1.807) is 0 Å². The summed E-state index contributed by atoms with van der Waals surface area (Å²) in [6, 6.07) is 8.29. The summed E-state index contributed by atoms with van der Waals surface area (Å²) in [4.78, 5) is 0. The van der Waals surface area contributed by atoms with E-state index in [1.165, 1.54) is 11.1 Å². The first-order valence-electron chi connectivity index (χ1n) is 4.49. The van der Waals surface area contributed by atoms with Gasteiger partial charge < -0.3 is 11.1 Å². The first-order chi connectivity index (χ1) is 6.36.